The van der Waals surface area contributed by atoms with Gasteiger partial charge in [0.1, 0.15) is 28.1 Å². The van der Waals surface area contributed by atoms with E-state index in [1.807, 2.05) is 18.2 Å². The van der Waals surface area contributed by atoms with E-state index in [0.29, 0.717) is 36.9 Å². The molecule has 0 spiro atoms. The first kappa shape index (κ1) is 24.4. The molecule has 0 atom stereocenters. The Morgan fingerprint density at radius 3 is 2.69 bits per heavy atom. The molecule has 1 saturated heterocycles. The van der Waals surface area contributed by atoms with Gasteiger partial charge in [-0.15, -0.1) is 0 Å². The first-order chi connectivity index (χ1) is 16.9. The highest BCUT2D eigenvalue weighted by Crippen LogP contribution is 2.29. The normalized spacial score (nSPS) is 13.8. The zero-order valence-electron chi connectivity index (χ0n) is 19.5. The molecule has 1 aliphatic heterocycles. The van der Waals surface area contributed by atoms with Crippen molar-refractivity contribution < 1.29 is 17.9 Å². The number of nitrogens with zero attached hydrogens (tertiary/aromatic N) is 4. The molecule has 35 heavy (non-hydrogen) atoms. The number of morpholine rings is 1. The van der Waals surface area contributed by atoms with Crippen LogP contribution in [0.3, 0.4) is 0 Å². The third-order valence-electron chi connectivity index (χ3n) is 5.65. The molecule has 1 aliphatic rings. The van der Waals surface area contributed by atoms with Gasteiger partial charge in [0.05, 0.1) is 32.2 Å². The van der Waals surface area contributed by atoms with Crippen molar-refractivity contribution >= 4 is 27.2 Å². The van der Waals surface area contributed by atoms with Crippen molar-refractivity contribution in [2.45, 2.75) is 11.3 Å². The quantitative estimate of drug-likeness (QED) is 0.485. The fourth-order valence-corrected chi connectivity index (χ4v) is 4.68. The summed E-state index contributed by atoms with van der Waals surface area (Å²) in [5.41, 5.74) is 2.44. The highest BCUT2D eigenvalue weighted by Gasteiger charge is 2.19. The van der Waals surface area contributed by atoms with Gasteiger partial charge in [-0.1, -0.05) is 18.2 Å². The highest BCUT2D eigenvalue weighted by atomic mass is 32.2. The molecule has 2 heterocycles. The van der Waals surface area contributed by atoms with Crippen LogP contribution in [0.4, 0.5) is 17.2 Å². The average molecular weight is 495 g/mol. The maximum absolute atomic E-state index is 12.4. The molecule has 1 aromatic heterocycles. The molecule has 1 fully saturated rings. The Bertz CT molecular complexity index is 1350. The number of anilines is 3. The van der Waals surface area contributed by atoms with Gasteiger partial charge in [-0.2, -0.15) is 5.26 Å². The van der Waals surface area contributed by atoms with Crippen molar-refractivity contribution in [3.05, 3.63) is 65.6 Å². The van der Waals surface area contributed by atoms with Crippen molar-refractivity contribution in [2.24, 2.45) is 0 Å². The summed E-state index contributed by atoms with van der Waals surface area (Å²) in [6, 6.07) is 14.5. The van der Waals surface area contributed by atoms with Crippen molar-refractivity contribution in [3.8, 4) is 11.8 Å². The van der Waals surface area contributed by atoms with Crippen molar-refractivity contribution in [1.82, 2.24) is 14.7 Å². The number of hydrogen-bond donors (Lipinski definition) is 2. The van der Waals surface area contributed by atoms with Gasteiger partial charge in [-0.05, 0) is 25.2 Å². The van der Waals surface area contributed by atoms with Gasteiger partial charge in [0, 0.05) is 36.8 Å². The van der Waals surface area contributed by atoms with Crippen LogP contribution in [0, 0.1) is 11.3 Å². The van der Waals surface area contributed by atoms with Crippen LogP contribution >= 0.6 is 0 Å². The molecule has 182 valence electrons. The molecular formula is C24H26N6O4S. The standard InChI is InChI=1S/C24H26N6O4S/c1-26-35(31,32)22-6-4-3-5-20(22)28-24-18(15-25)16-27-23(29-24)13-17-7-8-19(14-21(17)33-2)30-9-11-34-12-10-30/h3-8,14,16,26H,9-13H2,1-2H3,(H,27,28,29). The second kappa shape index (κ2) is 10.7. The van der Waals surface area contributed by atoms with E-state index in [4.69, 9.17) is 9.47 Å². The van der Waals surface area contributed by atoms with E-state index in [1.54, 1.807) is 25.3 Å². The van der Waals surface area contributed by atoms with E-state index < -0.39 is 10.0 Å². The van der Waals surface area contributed by atoms with Crippen LogP contribution in [0.25, 0.3) is 0 Å². The Labute approximate surface area is 204 Å². The number of benzene rings is 2. The molecule has 10 nitrogen and oxygen atoms in total. The van der Waals surface area contributed by atoms with Gasteiger partial charge >= 0.3 is 0 Å². The maximum Gasteiger partial charge on any atom is 0.242 e. The number of aromatic nitrogens is 2. The predicted molar refractivity (Wildman–Crippen MR) is 132 cm³/mol. The van der Waals surface area contributed by atoms with Gasteiger partial charge in [-0.25, -0.2) is 23.1 Å². The summed E-state index contributed by atoms with van der Waals surface area (Å²) in [6.45, 7) is 3.03. The second-order valence-corrected chi connectivity index (χ2v) is 9.62. The first-order valence-electron chi connectivity index (χ1n) is 11.0. The lowest BCUT2D eigenvalue weighted by Gasteiger charge is -2.29. The first-order valence-corrected chi connectivity index (χ1v) is 12.5. The summed E-state index contributed by atoms with van der Waals surface area (Å²) < 4.78 is 38.2. The molecule has 11 heteroatoms. The monoisotopic (exact) mass is 494 g/mol. The van der Waals surface area contributed by atoms with Crippen LogP contribution in [0.1, 0.15) is 17.0 Å². The van der Waals surface area contributed by atoms with E-state index in [0.717, 1.165) is 24.3 Å². The summed E-state index contributed by atoms with van der Waals surface area (Å²) in [4.78, 5) is 11.2. The lowest BCUT2D eigenvalue weighted by molar-refractivity contribution is 0.122. The average Bonchev–Trinajstić information content (AvgIpc) is 2.90. The predicted octanol–water partition coefficient (Wildman–Crippen LogP) is 2.44. The van der Waals surface area contributed by atoms with Gasteiger partial charge < -0.3 is 19.7 Å². The molecule has 0 saturated carbocycles. The summed E-state index contributed by atoms with van der Waals surface area (Å²) in [6.07, 6.45) is 1.79. The number of rotatable bonds is 8. The Morgan fingerprint density at radius 1 is 1.20 bits per heavy atom. The molecule has 2 aromatic carbocycles. The van der Waals surface area contributed by atoms with Crippen LogP contribution in [-0.4, -0.2) is 58.8 Å². The topological polar surface area (TPSA) is 129 Å². The van der Waals surface area contributed by atoms with Gasteiger partial charge in [0.15, 0.2) is 5.82 Å². The lowest BCUT2D eigenvalue weighted by atomic mass is 10.1. The Morgan fingerprint density at radius 2 is 1.97 bits per heavy atom. The number of sulfonamides is 1. The van der Waals surface area contributed by atoms with E-state index in [-0.39, 0.29) is 16.3 Å². The fourth-order valence-electron chi connectivity index (χ4n) is 3.79. The van der Waals surface area contributed by atoms with Crippen LogP contribution in [0.2, 0.25) is 0 Å². The van der Waals surface area contributed by atoms with E-state index in [2.05, 4.69) is 31.0 Å². The largest absolute Gasteiger partial charge is 0.496 e. The number of nitriles is 1. The van der Waals surface area contributed by atoms with Crippen molar-refractivity contribution in [3.63, 3.8) is 0 Å². The van der Waals surface area contributed by atoms with Crippen LogP contribution in [0.15, 0.2) is 53.6 Å². The Hall–Kier alpha value is -3.72. The van der Waals surface area contributed by atoms with Gasteiger partial charge in [0.25, 0.3) is 0 Å². The minimum atomic E-state index is -3.72. The highest BCUT2D eigenvalue weighted by molar-refractivity contribution is 7.89. The molecule has 0 amide bonds. The molecule has 0 radical (unpaired) electrons. The third kappa shape index (κ3) is 5.51. The van der Waals surface area contributed by atoms with Gasteiger partial charge in [-0.3, -0.25) is 0 Å². The molecule has 0 aliphatic carbocycles. The zero-order chi connectivity index (χ0) is 24.8. The SMILES string of the molecule is CNS(=O)(=O)c1ccccc1Nc1nc(Cc2ccc(N3CCOCC3)cc2OC)ncc1C#N. The minimum absolute atomic E-state index is 0.0481. The minimum Gasteiger partial charge on any atom is -0.496 e. The summed E-state index contributed by atoms with van der Waals surface area (Å²) in [7, 11) is -0.758. The van der Waals surface area contributed by atoms with Gasteiger partial charge in [0.2, 0.25) is 10.0 Å². The van der Waals surface area contributed by atoms with E-state index >= 15 is 0 Å². The number of nitrogens with one attached hydrogen (secondary N) is 2. The van der Waals surface area contributed by atoms with Crippen LogP contribution < -0.4 is 19.7 Å². The number of para-hydroxylation sites is 1. The zero-order valence-corrected chi connectivity index (χ0v) is 20.3. The van der Waals surface area contributed by atoms with Crippen molar-refractivity contribution in [2.75, 3.05) is 50.7 Å². The van der Waals surface area contributed by atoms with Crippen LogP contribution in [-0.2, 0) is 21.2 Å². The fraction of sp³-hybridized carbons (Fsp3) is 0.292. The molecular weight excluding hydrogens is 468 g/mol. The summed E-state index contributed by atoms with van der Waals surface area (Å²) in [5.74, 6) is 1.39. The molecule has 4 rings (SSSR count). The molecule has 0 unspecified atom stereocenters. The Kier molecular flexibility index (Phi) is 7.45. The molecule has 0 bridgehead atoms. The number of ether oxygens (including phenoxy) is 2. The summed E-state index contributed by atoms with van der Waals surface area (Å²) in [5, 5.41) is 12.6. The Balaban J connectivity index is 1.63. The van der Waals surface area contributed by atoms with E-state index in [1.165, 1.54) is 19.3 Å². The lowest BCUT2D eigenvalue weighted by Crippen LogP contribution is -2.36. The van der Waals surface area contributed by atoms with Crippen LogP contribution in [0.5, 0.6) is 5.75 Å². The maximum atomic E-state index is 12.4. The summed E-state index contributed by atoms with van der Waals surface area (Å²) >= 11 is 0. The number of methoxy groups -OCH3 is 1. The van der Waals surface area contributed by atoms with E-state index in [9.17, 15) is 13.7 Å². The van der Waals surface area contributed by atoms with Crippen molar-refractivity contribution in [1.29, 1.82) is 5.26 Å². The third-order valence-corrected chi connectivity index (χ3v) is 7.13. The molecule has 3 aromatic rings. The second-order valence-electron chi connectivity index (χ2n) is 7.76. The molecule has 2 N–H and O–H groups in total. The number of hydrogen-bond acceptors (Lipinski definition) is 9. The smallest absolute Gasteiger partial charge is 0.242 e.